The van der Waals surface area contributed by atoms with Crippen LogP contribution in [0.15, 0.2) is 0 Å². The van der Waals surface area contributed by atoms with Crippen molar-refractivity contribution in [1.82, 2.24) is 14.7 Å². The molecule has 1 atom stereocenters. The highest BCUT2D eigenvalue weighted by molar-refractivity contribution is 5.79. The van der Waals surface area contributed by atoms with E-state index in [4.69, 9.17) is 0 Å². The van der Waals surface area contributed by atoms with E-state index < -0.39 is 0 Å². The van der Waals surface area contributed by atoms with Crippen LogP contribution in [0.25, 0.3) is 0 Å². The van der Waals surface area contributed by atoms with Gasteiger partial charge in [0.1, 0.15) is 0 Å². The molecule has 98 valence electrons. The first-order valence-electron chi connectivity index (χ1n) is 6.71. The van der Waals surface area contributed by atoms with Crippen molar-refractivity contribution in [3.8, 4) is 0 Å². The summed E-state index contributed by atoms with van der Waals surface area (Å²) in [7, 11) is 6.35. The fourth-order valence-electron chi connectivity index (χ4n) is 2.88. The van der Waals surface area contributed by atoms with Crippen molar-refractivity contribution in [1.29, 1.82) is 0 Å². The van der Waals surface area contributed by atoms with Gasteiger partial charge in [-0.15, -0.1) is 0 Å². The maximum atomic E-state index is 12.4. The first kappa shape index (κ1) is 12.8. The summed E-state index contributed by atoms with van der Waals surface area (Å²) < 4.78 is 0. The molecule has 0 spiro atoms. The fraction of sp³-hybridized carbons (Fsp3) is 0.923. The Bertz CT molecular complexity index is 272. The zero-order valence-electron chi connectivity index (χ0n) is 11.4. The van der Waals surface area contributed by atoms with Gasteiger partial charge in [-0.25, -0.2) is 0 Å². The molecule has 4 heteroatoms. The Morgan fingerprint density at radius 1 is 1.12 bits per heavy atom. The van der Waals surface area contributed by atoms with E-state index in [2.05, 4.69) is 35.8 Å². The Balaban J connectivity index is 1.84. The highest BCUT2D eigenvalue weighted by Crippen LogP contribution is 2.22. The number of likely N-dealkylation sites (tertiary alicyclic amines) is 2. The third-order valence-corrected chi connectivity index (χ3v) is 4.27. The van der Waals surface area contributed by atoms with Crippen molar-refractivity contribution in [2.45, 2.75) is 25.3 Å². The van der Waals surface area contributed by atoms with Gasteiger partial charge in [-0.2, -0.15) is 0 Å². The number of rotatable bonds is 2. The van der Waals surface area contributed by atoms with Crippen LogP contribution in [-0.2, 0) is 4.79 Å². The Hall–Kier alpha value is -0.610. The number of hydrogen-bond donors (Lipinski definition) is 0. The smallest absolute Gasteiger partial charge is 0.225 e. The summed E-state index contributed by atoms with van der Waals surface area (Å²) in [6.45, 7) is 4.02. The average molecular weight is 239 g/mol. The second-order valence-electron chi connectivity index (χ2n) is 5.77. The molecule has 0 radical (unpaired) electrons. The van der Waals surface area contributed by atoms with Crippen molar-refractivity contribution in [2.24, 2.45) is 5.92 Å². The van der Waals surface area contributed by atoms with Crippen LogP contribution in [-0.4, -0.2) is 74.0 Å². The van der Waals surface area contributed by atoms with Gasteiger partial charge in [0.25, 0.3) is 0 Å². The second kappa shape index (κ2) is 5.36. The molecule has 0 aromatic heterocycles. The van der Waals surface area contributed by atoms with Crippen LogP contribution in [0.3, 0.4) is 0 Å². The van der Waals surface area contributed by atoms with Gasteiger partial charge in [-0.1, -0.05) is 0 Å². The highest BCUT2D eigenvalue weighted by atomic mass is 16.2. The van der Waals surface area contributed by atoms with Crippen molar-refractivity contribution < 1.29 is 4.79 Å². The van der Waals surface area contributed by atoms with E-state index in [-0.39, 0.29) is 5.92 Å². The number of amides is 1. The SMILES string of the molecule is CN1CCC(C(=O)N2CCC(N(C)C)C2)CC1. The molecule has 0 aromatic carbocycles. The minimum Gasteiger partial charge on any atom is -0.341 e. The molecule has 2 rings (SSSR count). The van der Waals surface area contributed by atoms with E-state index in [1.165, 1.54) is 0 Å². The monoisotopic (exact) mass is 239 g/mol. The third kappa shape index (κ3) is 2.99. The van der Waals surface area contributed by atoms with Crippen molar-refractivity contribution in [3.63, 3.8) is 0 Å². The molecule has 0 aliphatic carbocycles. The molecule has 2 saturated heterocycles. The maximum Gasteiger partial charge on any atom is 0.225 e. The lowest BCUT2D eigenvalue weighted by atomic mass is 9.96. The average Bonchev–Trinajstić information content (AvgIpc) is 2.78. The molecule has 0 aromatic rings. The molecule has 2 aliphatic heterocycles. The first-order valence-corrected chi connectivity index (χ1v) is 6.71. The first-order chi connectivity index (χ1) is 8.08. The summed E-state index contributed by atoms with van der Waals surface area (Å²) in [6, 6.07) is 0.560. The van der Waals surface area contributed by atoms with E-state index in [0.717, 1.165) is 45.4 Å². The Morgan fingerprint density at radius 3 is 2.29 bits per heavy atom. The summed E-state index contributed by atoms with van der Waals surface area (Å²) >= 11 is 0. The van der Waals surface area contributed by atoms with Crippen LogP contribution < -0.4 is 0 Å². The summed E-state index contributed by atoms with van der Waals surface area (Å²) in [5, 5.41) is 0. The molecule has 2 fully saturated rings. The standard InChI is InChI=1S/C13H25N3O/c1-14(2)12-6-9-16(10-12)13(17)11-4-7-15(3)8-5-11/h11-12H,4-10H2,1-3H3. The Labute approximate surface area is 105 Å². The number of carbonyl (C=O) groups excluding carboxylic acids is 1. The molecule has 17 heavy (non-hydrogen) atoms. The van der Waals surface area contributed by atoms with Crippen LogP contribution in [0.2, 0.25) is 0 Å². The van der Waals surface area contributed by atoms with E-state index in [1.54, 1.807) is 0 Å². The van der Waals surface area contributed by atoms with Crippen molar-refractivity contribution in [2.75, 3.05) is 47.3 Å². The molecule has 1 unspecified atom stereocenters. The molecule has 4 nitrogen and oxygen atoms in total. The molecular formula is C13H25N3O. The second-order valence-corrected chi connectivity index (χ2v) is 5.77. The summed E-state index contributed by atoms with van der Waals surface area (Å²) in [4.78, 5) is 19.0. The third-order valence-electron chi connectivity index (χ3n) is 4.27. The van der Waals surface area contributed by atoms with Gasteiger partial charge in [0.2, 0.25) is 5.91 Å². The summed E-state index contributed by atoms with van der Waals surface area (Å²) in [6.07, 6.45) is 3.21. The van der Waals surface area contributed by atoms with Crippen LogP contribution >= 0.6 is 0 Å². The zero-order valence-corrected chi connectivity index (χ0v) is 11.4. The quantitative estimate of drug-likeness (QED) is 0.702. The lowest BCUT2D eigenvalue weighted by Gasteiger charge is -2.31. The van der Waals surface area contributed by atoms with Gasteiger partial charge in [0.05, 0.1) is 0 Å². The number of carbonyl (C=O) groups is 1. The minimum absolute atomic E-state index is 0.284. The van der Waals surface area contributed by atoms with Crippen LogP contribution in [0.4, 0.5) is 0 Å². The van der Waals surface area contributed by atoms with Gasteiger partial charge in [-0.3, -0.25) is 4.79 Å². The Kier molecular flexibility index (Phi) is 4.05. The van der Waals surface area contributed by atoms with Gasteiger partial charge >= 0.3 is 0 Å². The Morgan fingerprint density at radius 2 is 1.76 bits per heavy atom. The predicted octanol–water partition coefficient (Wildman–Crippen LogP) is 0.491. The fourth-order valence-corrected chi connectivity index (χ4v) is 2.88. The molecule has 0 saturated carbocycles. The number of likely N-dealkylation sites (N-methyl/N-ethyl adjacent to an activating group) is 1. The largest absolute Gasteiger partial charge is 0.341 e. The number of piperidine rings is 1. The molecule has 2 aliphatic rings. The lowest BCUT2D eigenvalue weighted by Crippen LogP contribution is -2.41. The van der Waals surface area contributed by atoms with Gasteiger partial charge < -0.3 is 14.7 Å². The molecular weight excluding hydrogens is 214 g/mol. The highest BCUT2D eigenvalue weighted by Gasteiger charge is 2.32. The molecule has 2 heterocycles. The van der Waals surface area contributed by atoms with Crippen molar-refractivity contribution in [3.05, 3.63) is 0 Å². The maximum absolute atomic E-state index is 12.4. The van der Waals surface area contributed by atoms with E-state index in [9.17, 15) is 4.79 Å². The van der Waals surface area contributed by atoms with Gasteiger partial charge in [0.15, 0.2) is 0 Å². The molecule has 0 N–H and O–H groups in total. The van der Waals surface area contributed by atoms with E-state index in [0.29, 0.717) is 11.9 Å². The number of nitrogens with zero attached hydrogens (tertiary/aromatic N) is 3. The zero-order chi connectivity index (χ0) is 12.4. The predicted molar refractivity (Wildman–Crippen MR) is 68.9 cm³/mol. The summed E-state index contributed by atoms with van der Waals surface area (Å²) in [5.74, 6) is 0.689. The lowest BCUT2D eigenvalue weighted by molar-refractivity contribution is -0.136. The van der Waals surface area contributed by atoms with Crippen LogP contribution in [0.1, 0.15) is 19.3 Å². The topological polar surface area (TPSA) is 26.8 Å². The summed E-state index contributed by atoms with van der Waals surface area (Å²) in [5.41, 5.74) is 0. The molecule has 0 bridgehead atoms. The van der Waals surface area contributed by atoms with E-state index in [1.807, 2.05) is 0 Å². The van der Waals surface area contributed by atoms with Crippen LogP contribution in [0.5, 0.6) is 0 Å². The molecule has 1 amide bonds. The normalized spacial score (nSPS) is 28.0. The van der Waals surface area contributed by atoms with E-state index >= 15 is 0 Å². The number of hydrogen-bond acceptors (Lipinski definition) is 3. The van der Waals surface area contributed by atoms with Crippen molar-refractivity contribution >= 4 is 5.91 Å². The van der Waals surface area contributed by atoms with Gasteiger partial charge in [0, 0.05) is 25.0 Å². The minimum atomic E-state index is 0.284. The van der Waals surface area contributed by atoms with Gasteiger partial charge in [-0.05, 0) is 53.5 Å². The van der Waals surface area contributed by atoms with Crippen LogP contribution in [0, 0.1) is 5.92 Å².